The van der Waals surface area contributed by atoms with Gasteiger partial charge in [0.1, 0.15) is 23.9 Å². The number of aromatic nitrogens is 3. The molecule has 4 rings (SSSR count). The van der Waals surface area contributed by atoms with Crippen molar-refractivity contribution in [2.75, 3.05) is 0 Å². The van der Waals surface area contributed by atoms with Gasteiger partial charge in [-0.05, 0) is 17.7 Å². The number of rotatable bonds is 6. The first-order valence-electron chi connectivity index (χ1n) is 8.39. The average molecular weight is 382 g/mol. The largest absolute Gasteiger partial charge is 0.364 e. The Kier molecular flexibility index (Phi) is 4.51. The van der Waals surface area contributed by atoms with Gasteiger partial charge in [-0.3, -0.25) is 0 Å². The first-order chi connectivity index (χ1) is 13.0. The Labute approximate surface area is 156 Å². The van der Waals surface area contributed by atoms with Gasteiger partial charge in [0.05, 0.1) is 16.7 Å². The van der Waals surface area contributed by atoms with Crippen molar-refractivity contribution in [1.82, 2.24) is 19.4 Å². The standard InChI is InChI=1S/C19H18N4O3S/c1-23-17-10-6-5-9-16(17)20-19(23)18(14-7-3-2-4-8-14)22-27(24,25)13-15-11-12-26-21-15/h2-12,18,22H,13H2,1H3. The molecule has 0 saturated carbocycles. The van der Waals surface area contributed by atoms with Crippen LogP contribution in [0.2, 0.25) is 0 Å². The van der Waals surface area contributed by atoms with E-state index in [4.69, 9.17) is 4.52 Å². The molecular weight excluding hydrogens is 364 g/mol. The summed E-state index contributed by atoms with van der Waals surface area (Å²) in [5.41, 5.74) is 2.90. The molecule has 0 aliphatic heterocycles. The van der Waals surface area contributed by atoms with Crippen LogP contribution in [0.1, 0.15) is 23.1 Å². The van der Waals surface area contributed by atoms with Crippen molar-refractivity contribution in [2.24, 2.45) is 7.05 Å². The molecule has 0 aliphatic rings. The van der Waals surface area contributed by atoms with Crippen LogP contribution in [0.5, 0.6) is 0 Å². The summed E-state index contributed by atoms with van der Waals surface area (Å²) < 4.78 is 34.9. The van der Waals surface area contributed by atoms with Crippen molar-refractivity contribution < 1.29 is 12.9 Å². The monoisotopic (exact) mass is 382 g/mol. The van der Waals surface area contributed by atoms with Gasteiger partial charge >= 0.3 is 0 Å². The van der Waals surface area contributed by atoms with Crippen molar-refractivity contribution >= 4 is 21.1 Å². The van der Waals surface area contributed by atoms with Crippen LogP contribution >= 0.6 is 0 Å². The number of benzene rings is 2. The second kappa shape index (κ2) is 6.98. The van der Waals surface area contributed by atoms with Gasteiger partial charge < -0.3 is 9.09 Å². The zero-order valence-electron chi connectivity index (χ0n) is 14.6. The van der Waals surface area contributed by atoms with Gasteiger partial charge in [0.2, 0.25) is 10.0 Å². The van der Waals surface area contributed by atoms with Crippen molar-refractivity contribution in [3.63, 3.8) is 0 Å². The number of hydrogen-bond acceptors (Lipinski definition) is 5. The van der Waals surface area contributed by atoms with Gasteiger partial charge in [-0.1, -0.05) is 47.6 Å². The van der Waals surface area contributed by atoms with E-state index in [0.29, 0.717) is 11.5 Å². The molecule has 0 fully saturated rings. The molecule has 0 radical (unpaired) electrons. The first-order valence-corrected chi connectivity index (χ1v) is 10.0. The minimum Gasteiger partial charge on any atom is -0.364 e. The lowest BCUT2D eigenvalue weighted by atomic mass is 10.1. The molecule has 1 unspecified atom stereocenters. The number of para-hydroxylation sites is 2. The van der Waals surface area contributed by atoms with Crippen LogP contribution in [0.25, 0.3) is 11.0 Å². The Hall–Kier alpha value is -2.97. The third kappa shape index (κ3) is 3.62. The fourth-order valence-electron chi connectivity index (χ4n) is 3.07. The molecule has 27 heavy (non-hydrogen) atoms. The van der Waals surface area contributed by atoms with Crippen LogP contribution in [-0.4, -0.2) is 23.1 Å². The lowest BCUT2D eigenvalue weighted by Gasteiger charge is -2.19. The summed E-state index contributed by atoms with van der Waals surface area (Å²) in [5, 5.41) is 3.69. The molecule has 0 aliphatic carbocycles. The predicted octanol–water partition coefficient (Wildman–Crippen LogP) is 2.77. The van der Waals surface area contributed by atoms with Crippen molar-refractivity contribution in [3.05, 3.63) is 84.0 Å². The van der Waals surface area contributed by atoms with Gasteiger partial charge in [-0.25, -0.2) is 13.4 Å². The van der Waals surface area contributed by atoms with E-state index in [1.165, 1.54) is 12.3 Å². The highest BCUT2D eigenvalue weighted by Gasteiger charge is 2.26. The molecule has 8 heteroatoms. The second-order valence-corrected chi connectivity index (χ2v) is 7.98. The van der Waals surface area contributed by atoms with Gasteiger partial charge in [0.25, 0.3) is 0 Å². The third-order valence-electron chi connectivity index (χ3n) is 4.34. The van der Waals surface area contributed by atoms with E-state index in [0.717, 1.165) is 16.6 Å². The van der Waals surface area contributed by atoms with E-state index in [1.54, 1.807) is 0 Å². The summed E-state index contributed by atoms with van der Waals surface area (Å²) in [7, 11) is -1.80. The minimum absolute atomic E-state index is 0.267. The van der Waals surface area contributed by atoms with Crippen molar-refractivity contribution in [3.8, 4) is 0 Å². The Bertz CT molecular complexity index is 1150. The Morgan fingerprint density at radius 3 is 2.52 bits per heavy atom. The number of nitrogens with one attached hydrogen (secondary N) is 1. The Morgan fingerprint density at radius 1 is 1.07 bits per heavy atom. The zero-order chi connectivity index (χ0) is 18.9. The molecule has 1 atom stereocenters. The smallest absolute Gasteiger partial charge is 0.218 e. The molecule has 0 spiro atoms. The summed E-state index contributed by atoms with van der Waals surface area (Å²) >= 11 is 0. The molecule has 0 amide bonds. The van der Waals surface area contributed by atoms with Crippen LogP contribution in [0.4, 0.5) is 0 Å². The van der Waals surface area contributed by atoms with E-state index >= 15 is 0 Å². The van der Waals surface area contributed by atoms with Crippen LogP contribution in [-0.2, 0) is 22.8 Å². The summed E-state index contributed by atoms with van der Waals surface area (Å²) in [6, 6.07) is 18.0. The van der Waals surface area contributed by atoms with Crippen LogP contribution in [0, 0.1) is 0 Å². The van der Waals surface area contributed by atoms with E-state index < -0.39 is 16.1 Å². The summed E-state index contributed by atoms with van der Waals surface area (Å²) in [6.45, 7) is 0. The summed E-state index contributed by atoms with van der Waals surface area (Å²) in [4.78, 5) is 4.67. The summed E-state index contributed by atoms with van der Waals surface area (Å²) in [5.74, 6) is 0.350. The first kappa shape index (κ1) is 17.4. The minimum atomic E-state index is -3.68. The number of imidazole rings is 1. The predicted molar refractivity (Wildman–Crippen MR) is 101 cm³/mol. The molecule has 138 valence electrons. The maximum atomic E-state index is 12.8. The van der Waals surface area contributed by atoms with Crippen molar-refractivity contribution in [1.29, 1.82) is 0 Å². The van der Waals surface area contributed by atoms with Gasteiger partial charge in [-0.15, -0.1) is 0 Å². The molecule has 2 heterocycles. The molecule has 0 bridgehead atoms. The third-order valence-corrected chi connectivity index (χ3v) is 5.61. The highest BCUT2D eigenvalue weighted by atomic mass is 32.2. The quantitative estimate of drug-likeness (QED) is 0.554. The van der Waals surface area contributed by atoms with Gasteiger partial charge in [-0.2, -0.15) is 4.72 Å². The molecular formula is C19H18N4O3S. The maximum Gasteiger partial charge on any atom is 0.218 e. The van der Waals surface area contributed by atoms with E-state index in [9.17, 15) is 8.42 Å². The topological polar surface area (TPSA) is 90.0 Å². The average Bonchev–Trinajstić information content (AvgIpc) is 3.28. The van der Waals surface area contributed by atoms with E-state index in [1.807, 2.05) is 66.2 Å². The highest BCUT2D eigenvalue weighted by molar-refractivity contribution is 7.88. The van der Waals surface area contributed by atoms with E-state index in [-0.39, 0.29) is 5.75 Å². The molecule has 1 N–H and O–H groups in total. The highest BCUT2D eigenvalue weighted by Crippen LogP contribution is 2.26. The molecule has 2 aromatic carbocycles. The van der Waals surface area contributed by atoms with Crippen LogP contribution in [0.15, 0.2) is 71.4 Å². The number of sulfonamides is 1. The Balaban J connectivity index is 1.76. The number of nitrogens with zero attached hydrogens (tertiary/aromatic N) is 3. The van der Waals surface area contributed by atoms with Crippen molar-refractivity contribution in [2.45, 2.75) is 11.8 Å². The molecule has 2 aromatic heterocycles. The lowest BCUT2D eigenvalue weighted by Crippen LogP contribution is -2.32. The SMILES string of the molecule is Cn1c(C(NS(=O)(=O)Cc2ccon2)c2ccccc2)nc2ccccc21. The van der Waals surface area contributed by atoms with Crippen LogP contribution in [0.3, 0.4) is 0 Å². The number of hydrogen-bond donors (Lipinski definition) is 1. The second-order valence-electron chi connectivity index (χ2n) is 6.23. The normalized spacial score (nSPS) is 13.1. The van der Waals surface area contributed by atoms with E-state index in [2.05, 4.69) is 14.9 Å². The molecule has 0 saturated heterocycles. The maximum absolute atomic E-state index is 12.8. The number of aryl methyl sites for hydroxylation is 1. The fraction of sp³-hybridized carbons (Fsp3) is 0.158. The molecule has 7 nitrogen and oxygen atoms in total. The molecule has 4 aromatic rings. The van der Waals surface area contributed by atoms with Crippen LogP contribution < -0.4 is 4.72 Å². The van der Waals surface area contributed by atoms with Gasteiger partial charge in [0.15, 0.2) is 0 Å². The fourth-order valence-corrected chi connectivity index (χ4v) is 4.29. The van der Waals surface area contributed by atoms with Gasteiger partial charge in [0, 0.05) is 13.1 Å². The number of fused-ring (bicyclic) bond motifs is 1. The Morgan fingerprint density at radius 2 is 1.81 bits per heavy atom. The zero-order valence-corrected chi connectivity index (χ0v) is 15.4. The lowest BCUT2D eigenvalue weighted by molar-refractivity contribution is 0.413. The summed E-state index contributed by atoms with van der Waals surface area (Å²) in [6.07, 6.45) is 1.35.